The first-order valence-corrected chi connectivity index (χ1v) is 10.8. The zero-order chi connectivity index (χ0) is 23.7. The van der Waals surface area contributed by atoms with Gasteiger partial charge in [-0.2, -0.15) is 0 Å². The Morgan fingerprint density at radius 1 is 1.18 bits per heavy atom. The molecule has 2 aromatic carbocycles. The Morgan fingerprint density at radius 2 is 1.94 bits per heavy atom. The van der Waals surface area contributed by atoms with E-state index in [4.69, 9.17) is 9.26 Å². The number of nitrogens with one attached hydrogen (secondary N) is 1. The first-order chi connectivity index (χ1) is 16.5. The first-order valence-electron chi connectivity index (χ1n) is 10.8. The van der Waals surface area contributed by atoms with Crippen LogP contribution in [0.25, 0.3) is 11.3 Å². The van der Waals surface area contributed by atoms with Crippen LogP contribution in [-0.4, -0.2) is 39.6 Å². The number of fused-ring (bicyclic) bond motifs is 1. The maximum Gasteiger partial charge on any atom is 0.273 e. The van der Waals surface area contributed by atoms with Crippen LogP contribution in [0.4, 0.5) is 4.39 Å². The fraction of sp³-hybridized carbons (Fsp3) is 0.200. The molecule has 0 unspecified atom stereocenters. The van der Waals surface area contributed by atoms with Crippen LogP contribution in [0.15, 0.2) is 63.9 Å². The summed E-state index contributed by atoms with van der Waals surface area (Å²) in [5.41, 5.74) is 2.83. The normalized spacial score (nSPS) is 12.9. The van der Waals surface area contributed by atoms with Gasteiger partial charge >= 0.3 is 0 Å². The summed E-state index contributed by atoms with van der Waals surface area (Å²) in [6.45, 7) is 0.677. The fourth-order valence-electron chi connectivity index (χ4n) is 4.01. The Hall–Kier alpha value is -4.27. The van der Waals surface area contributed by atoms with Crippen molar-refractivity contribution in [2.24, 2.45) is 0 Å². The van der Waals surface area contributed by atoms with Gasteiger partial charge in [0.2, 0.25) is 0 Å². The van der Waals surface area contributed by atoms with Gasteiger partial charge in [0.25, 0.3) is 11.5 Å². The lowest BCUT2D eigenvalue weighted by molar-refractivity contribution is 0.0728. The average molecular weight is 460 g/mol. The molecule has 4 aromatic rings. The van der Waals surface area contributed by atoms with E-state index in [1.54, 1.807) is 24.1 Å². The molecule has 2 aromatic heterocycles. The minimum absolute atomic E-state index is 0.0792. The number of amides is 1. The average Bonchev–Trinajstić information content (AvgIpc) is 3.27. The monoisotopic (exact) mass is 460 g/mol. The number of carbonyl (C=O) groups is 1. The van der Waals surface area contributed by atoms with E-state index in [2.05, 4.69) is 15.1 Å². The molecule has 0 fully saturated rings. The molecule has 1 amide bonds. The van der Waals surface area contributed by atoms with Crippen LogP contribution >= 0.6 is 0 Å². The van der Waals surface area contributed by atoms with Crippen LogP contribution in [0, 0.1) is 5.82 Å². The zero-order valence-electron chi connectivity index (χ0n) is 18.4. The highest BCUT2D eigenvalue weighted by Gasteiger charge is 2.29. The number of aromatic nitrogens is 3. The largest absolute Gasteiger partial charge is 0.497 e. The molecule has 5 rings (SSSR count). The number of ether oxygens (including phenoxy) is 1. The number of carbonyl (C=O) groups excluding carboxylic acids is 1. The quantitative estimate of drug-likeness (QED) is 0.490. The van der Waals surface area contributed by atoms with Gasteiger partial charge in [0.05, 0.1) is 19.3 Å². The highest BCUT2D eigenvalue weighted by atomic mass is 19.1. The van der Waals surface area contributed by atoms with E-state index >= 15 is 0 Å². The molecule has 1 aliphatic rings. The van der Waals surface area contributed by atoms with Crippen LogP contribution in [0.5, 0.6) is 5.75 Å². The van der Waals surface area contributed by atoms with Gasteiger partial charge in [-0.3, -0.25) is 9.59 Å². The Labute approximate surface area is 194 Å². The molecular formula is C25H21FN4O4. The number of halogens is 1. The van der Waals surface area contributed by atoms with Gasteiger partial charge in [0.15, 0.2) is 5.76 Å². The first kappa shape index (κ1) is 21.6. The van der Waals surface area contributed by atoms with Crippen molar-refractivity contribution in [3.8, 4) is 17.1 Å². The SMILES string of the molecule is COc1ccc(Cc2nc(C(=O)N3CCc4noc(-c5ccc(F)cc5)c4C3)cc(=O)[nH]2)cc1. The number of hydrogen-bond donors (Lipinski definition) is 1. The summed E-state index contributed by atoms with van der Waals surface area (Å²) in [5.74, 6) is 0.938. The predicted octanol–water partition coefficient (Wildman–Crippen LogP) is 3.36. The summed E-state index contributed by atoms with van der Waals surface area (Å²) in [5, 5.41) is 4.12. The van der Waals surface area contributed by atoms with E-state index in [1.165, 1.54) is 18.2 Å². The van der Waals surface area contributed by atoms with Crippen molar-refractivity contribution < 1.29 is 18.4 Å². The number of rotatable bonds is 5. The molecule has 3 heterocycles. The summed E-state index contributed by atoms with van der Waals surface area (Å²) >= 11 is 0. The molecule has 0 aliphatic carbocycles. The van der Waals surface area contributed by atoms with Gasteiger partial charge in [-0.05, 0) is 42.0 Å². The summed E-state index contributed by atoms with van der Waals surface area (Å²) < 4.78 is 24.0. The molecular weight excluding hydrogens is 439 g/mol. The summed E-state index contributed by atoms with van der Waals surface area (Å²) in [6, 6.07) is 14.5. The number of aromatic amines is 1. The van der Waals surface area contributed by atoms with Crippen molar-refractivity contribution in [3.05, 3.63) is 99.1 Å². The van der Waals surface area contributed by atoms with Crippen molar-refractivity contribution in [3.63, 3.8) is 0 Å². The minimum Gasteiger partial charge on any atom is -0.497 e. The lowest BCUT2D eigenvalue weighted by Gasteiger charge is -2.26. The van der Waals surface area contributed by atoms with E-state index in [9.17, 15) is 14.0 Å². The van der Waals surface area contributed by atoms with Crippen LogP contribution in [0.1, 0.15) is 33.1 Å². The maximum absolute atomic E-state index is 13.3. The third-order valence-corrected chi connectivity index (χ3v) is 5.77. The molecule has 172 valence electrons. The van der Waals surface area contributed by atoms with Gasteiger partial charge in [-0.25, -0.2) is 9.37 Å². The topological polar surface area (TPSA) is 101 Å². The van der Waals surface area contributed by atoms with Crippen LogP contribution in [0.2, 0.25) is 0 Å². The number of nitrogens with zero attached hydrogens (tertiary/aromatic N) is 3. The Balaban J connectivity index is 1.38. The maximum atomic E-state index is 13.3. The molecule has 0 atom stereocenters. The van der Waals surface area contributed by atoms with Crippen LogP contribution < -0.4 is 10.3 Å². The van der Waals surface area contributed by atoms with Gasteiger partial charge in [0.1, 0.15) is 23.1 Å². The minimum atomic E-state index is -0.392. The van der Waals surface area contributed by atoms with Gasteiger partial charge in [-0.1, -0.05) is 17.3 Å². The third-order valence-electron chi connectivity index (χ3n) is 5.77. The third kappa shape index (κ3) is 4.32. The molecule has 0 bridgehead atoms. The van der Waals surface area contributed by atoms with Gasteiger partial charge < -0.3 is 19.1 Å². The number of H-pyrrole nitrogens is 1. The molecule has 0 radical (unpaired) electrons. The van der Waals surface area contributed by atoms with Gasteiger partial charge in [0, 0.05) is 36.6 Å². The van der Waals surface area contributed by atoms with Crippen molar-refractivity contribution in [1.82, 2.24) is 20.0 Å². The number of hydrogen-bond acceptors (Lipinski definition) is 6. The van der Waals surface area contributed by atoms with E-state index in [0.717, 1.165) is 22.6 Å². The van der Waals surface area contributed by atoms with Gasteiger partial charge in [-0.15, -0.1) is 0 Å². The summed E-state index contributed by atoms with van der Waals surface area (Å²) in [4.78, 5) is 34.3. The Kier molecular flexibility index (Phi) is 5.67. The van der Waals surface area contributed by atoms with Crippen molar-refractivity contribution in [2.45, 2.75) is 19.4 Å². The van der Waals surface area contributed by atoms with E-state index < -0.39 is 5.56 Å². The fourth-order valence-corrected chi connectivity index (χ4v) is 4.01. The predicted molar refractivity (Wildman–Crippen MR) is 121 cm³/mol. The molecule has 0 spiro atoms. The molecule has 9 heteroatoms. The second-order valence-electron chi connectivity index (χ2n) is 8.02. The summed E-state index contributed by atoms with van der Waals surface area (Å²) in [6.07, 6.45) is 0.874. The molecule has 1 N–H and O–H groups in total. The smallest absolute Gasteiger partial charge is 0.273 e. The molecule has 34 heavy (non-hydrogen) atoms. The highest BCUT2D eigenvalue weighted by Crippen LogP contribution is 2.31. The van der Waals surface area contributed by atoms with E-state index in [0.29, 0.717) is 36.5 Å². The number of methoxy groups -OCH3 is 1. The lowest BCUT2D eigenvalue weighted by Crippen LogP contribution is -2.37. The second-order valence-corrected chi connectivity index (χ2v) is 8.02. The molecule has 0 saturated carbocycles. The number of benzene rings is 2. The van der Waals surface area contributed by atoms with Crippen molar-refractivity contribution in [1.29, 1.82) is 0 Å². The van der Waals surface area contributed by atoms with E-state index in [1.807, 2.05) is 24.3 Å². The Bertz CT molecular complexity index is 1390. The molecule has 8 nitrogen and oxygen atoms in total. The molecule has 1 aliphatic heterocycles. The summed E-state index contributed by atoms with van der Waals surface area (Å²) in [7, 11) is 1.59. The lowest BCUT2D eigenvalue weighted by atomic mass is 10.0. The zero-order valence-corrected chi connectivity index (χ0v) is 18.4. The van der Waals surface area contributed by atoms with Crippen LogP contribution in [-0.2, 0) is 19.4 Å². The Morgan fingerprint density at radius 3 is 2.68 bits per heavy atom. The van der Waals surface area contributed by atoms with Crippen LogP contribution in [0.3, 0.4) is 0 Å². The standard InChI is InChI=1S/C25H21FN4O4/c1-33-18-8-2-15(3-9-18)12-22-27-21(13-23(31)28-22)25(32)30-11-10-20-19(14-30)24(34-29-20)16-4-6-17(26)7-5-16/h2-9,13H,10-12,14H2,1H3,(H,27,28,31). The molecule has 0 saturated heterocycles. The highest BCUT2D eigenvalue weighted by molar-refractivity contribution is 5.92. The van der Waals surface area contributed by atoms with E-state index in [-0.39, 0.29) is 24.0 Å². The van der Waals surface area contributed by atoms with Crippen molar-refractivity contribution >= 4 is 5.91 Å². The van der Waals surface area contributed by atoms with Crippen molar-refractivity contribution in [2.75, 3.05) is 13.7 Å². The second kappa shape index (κ2) is 8.93.